The fraction of sp³-hybridized carbons (Fsp3) is 0.600. The summed E-state index contributed by atoms with van der Waals surface area (Å²) in [5, 5.41) is 0. The van der Waals surface area contributed by atoms with E-state index in [4.69, 9.17) is 4.74 Å². The predicted octanol–water partition coefficient (Wildman–Crippen LogP) is 4.50. The second kappa shape index (κ2) is 5.19. The van der Waals surface area contributed by atoms with Crippen LogP contribution in [0.3, 0.4) is 0 Å². The zero-order valence-electron chi connectivity index (χ0n) is 13.9. The Kier molecular flexibility index (Phi) is 3.36. The zero-order valence-corrected chi connectivity index (χ0v) is 13.9. The number of ketones is 1. The summed E-state index contributed by atoms with van der Waals surface area (Å²) in [6, 6.07) is 5.65. The number of hydrogen-bond acceptors (Lipinski definition) is 3. The Morgan fingerprint density at radius 1 is 1.26 bits per heavy atom. The van der Waals surface area contributed by atoms with Gasteiger partial charge in [-0.05, 0) is 66.5 Å². The molecule has 4 rings (SSSR count). The molecule has 0 amide bonds. The molecule has 0 bridgehead atoms. The third-order valence-corrected chi connectivity index (χ3v) is 6.63. The van der Waals surface area contributed by atoms with Gasteiger partial charge in [-0.1, -0.05) is 19.4 Å². The molecule has 0 aromatic heterocycles. The van der Waals surface area contributed by atoms with Crippen molar-refractivity contribution in [1.82, 2.24) is 0 Å². The average molecular weight is 312 g/mol. The molecule has 3 aliphatic carbocycles. The van der Waals surface area contributed by atoms with E-state index in [-0.39, 0.29) is 11.8 Å². The van der Waals surface area contributed by atoms with E-state index in [1.807, 2.05) is 12.1 Å². The summed E-state index contributed by atoms with van der Waals surface area (Å²) in [7, 11) is 0. The van der Waals surface area contributed by atoms with Gasteiger partial charge in [-0.15, -0.1) is 0 Å². The van der Waals surface area contributed by atoms with E-state index in [0.29, 0.717) is 35.3 Å². The lowest BCUT2D eigenvalue weighted by molar-refractivity contribution is -0.131. The van der Waals surface area contributed by atoms with Crippen molar-refractivity contribution in [2.45, 2.75) is 58.3 Å². The van der Waals surface area contributed by atoms with Crippen LogP contribution in [0.1, 0.15) is 74.2 Å². The van der Waals surface area contributed by atoms with Gasteiger partial charge in [-0.2, -0.15) is 0 Å². The van der Waals surface area contributed by atoms with Gasteiger partial charge < -0.3 is 4.74 Å². The van der Waals surface area contributed by atoms with E-state index in [1.165, 1.54) is 44.6 Å². The van der Waals surface area contributed by atoms with Gasteiger partial charge in [-0.3, -0.25) is 9.59 Å². The van der Waals surface area contributed by atoms with E-state index in [1.54, 1.807) is 6.07 Å². The first kappa shape index (κ1) is 14.9. The first-order chi connectivity index (χ1) is 11.0. The lowest BCUT2D eigenvalue weighted by atomic mass is 9.55. The molecule has 2 fully saturated rings. The summed E-state index contributed by atoms with van der Waals surface area (Å²) in [5.41, 5.74) is 2.43. The Hall–Kier alpha value is -1.64. The van der Waals surface area contributed by atoms with Crippen molar-refractivity contribution >= 4 is 11.8 Å². The van der Waals surface area contributed by atoms with Crippen molar-refractivity contribution in [2.75, 3.05) is 0 Å². The molecule has 23 heavy (non-hydrogen) atoms. The van der Waals surface area contributed by atoms with Crippen molar-refractivity contribution in [3.63, 3.8) is 0 Å². The SMILES string of the molecule is CC(=O)Oc1ccc2c(c1)C(=O)C[C@@H]1[C@@H]2CC[C@]2(C)CCC[C@@H]12. The van der Waals surface area contributed by atoms with Crippen LogP contribution in [-0.2, 0) is 4.79 Å². The highest BCUT2D eigenvalue weighted by molar-refractivity contribution is 5.99. The normalized spacial score (nSPS) is 35.2. The van der Waals surface area contributed by atoms with Crippen LogP contribution in [0.25, 0.3) is 0 Å². The van der Waals surface area contributed by atoms with Crippen LogP contribution in [0, 0.1) is 17.3 Å². The topological polar surface area (TPSA) is 43.4 Å². The molecular formula is C20H24O3. The molecule has 0 N–H and O–H groups in total. The zero-order chi connectivity index (χ0) is 16.2. The minimum atomic E-state index is -0.342. The van der Waals surface area contributed by atoms with Crippen LogP contribution in [0.15, 0.2) is 18.2 Å². The van der Waals surface area contributed by atoms with Crippen LogP contribution in [0.4, 0.5) is 0 Å². The van der Waals surface area contributed by atoms with E-state index >= 15 is 0 Å². The minimum absolute atomic E-state index is 0.228. The molecule has 0 radical (unpaired) electrons. The molecule has 0 spiro atoms. The van der Waals surface area contributed by atoms with Gasteiger partial charge in [0.05, 0.1) is 0 Å². The minimum Gasteiger partial charge on any atom is -0.427 e. The number of Topliss-reactive ketones (excluding diaryl/α,β-unsaturated/α-hetero) is 1. The van der Waals surface area contributed by atoms with Gasteiger partial charge in [0.1, 0.15) is 5.75 Å². The fourth-order valence-corrected chi connectivity index (χ4v) is 5.61. The van der Waals surface area contributed by atoms with E-state index in [2.05, 4.69) is 6.92 Å². The Labute approximate surface area is 137 Å². The molecular weight excluding hydrogens is 288 g/mol. The van der Waals surface area contributed by atoms with Gasteiger partial charge in [0.25, 0.3) is 0 Å². The highest BCUT2D eigenvalue weighted by Gasteiger charge is 2.51. The van der Waals surface area contributed by atoms with Crippen molar-refractivity contribution in [1.29, 1.82) is 0 Å². The number of carbonyl (C=O) groups is 2. The van der Waals surface area contributed by atoms with Crippen LogP contribution in [0.5, 0.6) is 5.75 Å². The van der Waals surface area contributed by atoms with Gasteiger partial charge in [0, 0.05) is 18.9 Å². The van der Waals surface area contributed by atoms with Gasteiger partial charge in [0.15, 0.2) is 5.78 Å². The average Bonchev–Trinajstić information content (AvgIpc) is 2.89. The first-order valence-electron chi connectivity index (χ1n) is 8.83. The Morgan fingerprint density at radius 2 is 2.09 bits per heavy atom. The molecule has 2 saturated carbocycles. The fourth-order valence-electron chi connectivity index (χ4n) is 5.61. The summed E-state index contributed by atoms with van der Waals surface area (Å²) >= 11 is 0. The number of hydrogen-bond donors (Lipinski definition) is 0. The molecule has 3 nitrogen and oxygen atoms in total. The second-order valence-corrected chi connectivity index (χ2v) is 7.93. The lowest BCUT2D eigenvalue weighted by Gasteiger charge is -2.48. The second-order valence-electron chi connectivity index (χ2n) is 7.93. The smallest absolute Gasteiger partial charge is 0.308 e. The maximum Gasteiger partial charge on any atom is 0.308 e. The summed E-state index contributed by atoms with van der Waals surface area (Å²) < 4.78 is 5.16. The quantitative estimate of drug-likeness (QED) is 0.566. The van der Waals surface area contributed by atoms with Crippen molar-refractivity contribution in [3.05, 3.63) is 29.3 Å². The largest absolute Gasteiger partial charge is 0.427 e. The van der Waals surface area contributed by atoms with Crippen molar-refractivity contribution < 1.29 is 14.3 Å². The van der Waals surface area contributed by atoms with Gasteiger partial charge in [-0.25, -0.2) is 0 Å². The van der Waals surface area contributed by atoms with Crippen molar-refractivity contribution in [2.24, 2.45) is 17.3 Å². The lowest BCUT2D eigenvalue weighted by Crippen LogP contribution is -2.41. The van der Waals surface area contributed by atoms with Crippen LogP contribution < -0.4 is 4.74 Å². The Bertz CT molecular complexity index is 677. The monoisotopic (exact) mass is 312 g/mol. The molecule has 0 heterocycles. The maximum absolute atomic E-state index is 12.7. The van der Waals surface area contributed by atoms with Crippen LogP contribution in [-0.4, -0.2) is 11.8 Å². The van der Waals surface area contributed by atoms with Gasteiger partial charge in [0.2, 0.25) is 0 Å². The highest BCUT2D eigenvalue weighted by Crippen LogP contribution is 2.60. The van der Waals surface area contributed by atoms with E-state index in [9.17, 15) is 9.59 Å². The third-order valence-electron chi connectivity index (χ3n) is 6.63. The van der Waals surface area contributed by atoms with E-state index < -0.39 is 0 Å². The summed E-state index contributed by atoms with van der Waals surface area (Å²) in [5.74, 6) is 2.09. The number of fused-ring (bicyclic) bond motifs is 5. The molecule has 3 heteroatoms. The molecule has 0 saturated heterocycles. The first-order valence-corrected chi connectivity index (χ1v) is 8.83. The molecule has 1 aromatic carbocycles. The summed E-state index contributed by atoms with van der Waals surface area (Å²) in [6.07, 6.45) is 7.06. The third kappa shape index (κ3) is 2.32. The Morgan fingerprint density at radius 3 is 2.87 bits per heavy atom. The highest BCUT2D eigenvalue weighted by atomic mass is 16.5. The molecule has 0 aliphatic heterocycles. The molecule has 122 valence electrons. The number of carbonyl (C=O) groups excluding carboxylic acids is 2. The molecule has 0 unspecified atom stereocenters. The standard InChI is InChI=1S/C20H24O3/c1-12(21)23-13-5-6-14-15-7-9-20(2)8-3-4-18(20)16(15)11-19(22)17(14)10-13/h5-6,10,15-16,18H,3-4,7-9,11H2,1-2H3/t15-,16-,18+,20+/m1/s1. The molecule has 4 atom stereocenters. The van der Waals surface area contributed by atoms with Gasteiger partial charge >= 0.3 is 5.97 Å². The van der Waals surface area contributed by atoms with Crippen molar-refractivity contribution in [3.8, 4) is 5.75 Å². The Balaban J connectivity index is 1.70. The van der Waals surface area contributed by atoms with E-state index in [0.717, 1.165) is 5.56 Å². The number of ether oxygens (including phenoxy) is 1. The predicted molar refractivity (Wildman–Crippen MR) is 87.6 cm³/mol. The number of benzene rings is 1. The molecule has 3 aliphatic rings. The number of esters is 1. The van der Waals surface area contributed by atoms with Crippen LogP contribution >= 0.6 is 0 Å². The maximum atomic E-state index is 12.7. The summed E-state index contributed by atoms with van der Waals surface area (Å²) in [6.45, 7) is 3.82. The molecule has 1 aromatic rings. The number of rotatable bonds is 1. The summed E-state index contributed by atoms with van der Waals surface area (Å²) in [4.78, 5) is 23.9. The van der Waals surface area contributed by atoms with Crippen LogP contribution in [0.2, 0.25) is 0 Å².